The Hall–Kier alpha value is -2.66. The number of hydrogen-bond acceptors (Lipinski definition) is 5. The second kappa shape index (κ2) is 5.76. The second-order valence-corrected chi connectivity index (χ2v) is 4.67. The number of thioether (sulfide) groups is 1. The topological polar surface area (TPSA) is 107 Å². The average molecular weight is 305 g/mol. The predicted octanol–water partition coefficient (Wildman–Crippen LogP) is 1.87. The first-order chi connectivity index (χ1) is 9.99. The molecule has 0 saturated heterocycles. The average Bonchev–Trinajstić information content (AvgIpc) is 2.46. The number of hydrogen-bond donors (Lipinski definition) is 2. The monoisotopic (exact) mass is 305 g/mol. The zero-order chi connectivity index (χ0) is 15.6. The lowest BCUT2D eigenvalue weighted by atomic mass is 10.0. The Kier molecular flexibility index (Phi) is 4.05. The summed E-state index contributed by atoms with van der Waals surface area (Å²) in [6.45, 7) is 0. The number of aromatic amines is 1. The van der Waals surface area contributed by atoms with E-state index in [1.54, 1.807) is 12.3 Å². The molecular formula is C13H8FN3O3S. The Morgan fingerprint density at radius 2 is 2.24 bits per heavy atom. The van der Waals surface area contributed by atoms with Crippen LogP contribution < -0.4 is 5.56 Å². The van der Waals surface area contributed by atoms with Crippen LogP contribution in [0.4, 0.5) is 4.39 Å². The molecule has 0 saturated carbocycles. The molecule has 1 heterocycles. The van der Waals surface area contributed by atoms with E-state index in [-0.39, 0.29) is 22.0 Å². The Balaban J connectivity index is 2.91. The maximum Gasteiger partial charge on any atom is 0.336 e. The van der Waals surface area contributed by atoms with Crippen molar-refractivity contribution in [3.63, 3.8) is 0 Å². The van der Waals surface area contributed by atoms with Gasteiger partial charge in [-0.1, -0.05) is 17.8 Å². The second-order valence-electron chi connectivity index (χ2n) is 3.88. The Bertz CT molecular complexity index is 826. The van der Waals surface area contributed by atoms with Gasteiger partial charge in [-0.25, -0.2) is 14.2 Å². The lowest BCUT2D eigenvalue weighted by Crippen LogP contribution is -2.16. The van der Waals surface area contributed by atoms with Gasteiger partial charge in [-0.15, -0.1) is 0 Å². The molecular weight excluding hydrogens is 297 g/mol. The maximum atomic E-state index is 14.0. The molecule has 1 aromatic carbocycles. The fraction of sp³-hybridized carbons (Fsp3) is 0.0769. The minimum atomic E-state index is -1.37. The summed E-state index contributed by atoms with van der Waals surface area (Å²) in [5.74, 6) is -2.24. The first-order valence-electron chi connectivity index (χ1n) is 5.60. The normalized spacial score (nSPS) is 10.1. The van der Waals surface area contributed by atoms with Crippen LogP contribution in [0, 0.1) is 17.1 Å². The quantitative estimate of drug-likeness (QED) is 0.662. The number of aromatic nitrogens is 2. The molecule has 0 aliphatic rings. The molecule has 106 valence electrons. The van der Waals surface area contributed by atoms with Crippen LogP contribution in [0.15, 0.2) is 28.2 Å². The molecule has 0 fully saturated rings. The van der Waals surface area contributed by atoms with Crippen molar-refractivity contribution >= 4 is 17.7 Å². The number of carbonyl (C=O) groups is 1. The number of aromatic carboxylic acids is 1. The SMILES string of the molecule is CSc1nc(-c2c(F)cccc2C(=O)O)c(C#N)c(=O)[nH]1. The van der Waals surface area contributed by atoms with E-state index < -0.39 is 22.9 Å². The molecule has 0 aliphatic carbocycles. The largest absolute Gasteiger partial charge is 0.478 e. The fourth-order valence-electron chi connectivity index (χ4n) is 1.78. The summed E-state index contributed by atoms with van der Waals surface area (Å²) >= 11 is 1.09. The van der Waals surface area contributed by atoms with Crippen molar-refractivity contribution in [2.75, 3.05) is 6.26 Å². The number of nitrogens with one attached hydrogen (secondary N) is 1. The lowest BCUT2D eigenvalue weighted by molar-refractivity contribution is 0.0697. The predicted molar refractivity (Wildman–Crippen MR) is 73.7 cm³/mol. The summed E-state index contributed by atoms with van der Waals surface area (Å²) in [6, 6.07) is 5.10. The Labute approximate surface area is 122 Å². The van der Waals surface area contributed by atoms with E-state index in [9.17, 15) is 14.0 Å². The number of rotatable bonds is 3. The number of carboxylic acids is 1. The highest BCUT2D eigenvalue weighted by Gasteiger charge is 2.22. The van der Waals surface area contributed by atoms with Gasteiger partial charge >= 0.3 is 5.97 Å². The van der Waals surface area contributed by atoms with Gasteiger partial charge in [0.25, 0.3) is 5.56 Å². The molecule has 2 rings (SSSR count). The third kappa shape index (κ3) is 2.64. The first-order valence-corrected chi connectivity index (χ1v) is 6.82. The van der Waals surface area contributed by atoms with Crippen LogP contribution in [-0.2, 0) is 0 Å². The number of carboxylic acid groups (broad SMARTS) is 1. The Morgan fingerprint density at radius 1 is 1.52 bits per heavy atom. The van der Waals surface area contributed by atoms with Crippen LogP contribution in [0.25, 0.3) is 11.3 Å². The summed E-state index contributed by atoms with van der Waals surface area (Å²) in [7, 11) is 0. The van der Waals surface area contributed by atoms with E-state index in [1.165, 1.54) is 12.1 Å². The zero-order valence-electron chi connectivity index (χ0n) is 10.7. The molecule has 0 aliphatic heterocycles. The molecule has 8 heteroatoms. The van der Waals surface area contributed by atoms with E-state index >= 15 is 0 Å². The van der Waals surface area contributed by atoms with Crippen molar-refractivity contribution in [2.45, 2.75) is 5.16 Å². The van der Waals surface area contributed by atoms with Gasteiger partial charge in [-0.05, 0) is 18.4 Å². The number of nitrogens with zero attached hydrogens (tertiary/aromatic N) is 2. The minimum absolute atomic E-state index is 0.161. The van der Waals surface area contributed by atoms with Crippen molar-refractivity contribution in [3.8, 4) is 17.3 Å². The van der Waals surface area contributed by atoms with Crippen LogP contribution >= 0.6 is 11.8 Å². The number of benzene rings is 1. The van der Waals surface area contributed by atoms with Crippen molar-refractivity contribution in [1.82, 2.24) is 9.97 Å². The van der Waals surface area contributed by atoms with Crippen molar-refractivity contribution in [2.24, 2.45) is 0 Å². The zero-order valence-corrected chi connectivity index (χ0v) is 11.5. The highest BCUT2D eigenvalue weighted by Crippen LogP contribution is 2.27. The van der Waals surface area contributed by atoms with Gasteiger partial charge in [0, 0.05) is 0 Å². The molecule has 2 N–H and O–H groups in total. The highest BCUT2D eigenvalue weighted by molar-refractivity contribution is 7.98. The first kappa shape index (κ1) is 14.7. The molecule has 6 nitrogen and oxygen atoms in total. The smallest absolute Gasteiger partial charge is 0.336 e. The van der Waals surface area contributed by atoms with Gasteiger partial charge in [-0.2, -0.15) is 5.26 Å². The lowest BCUT2D eigenvalue weighted by Gasteiger charge is -2.09. The number of H-pyrrole nitrogens is 1. The molecule has 0 bridgehead atoms. The van der Waals surface area contributed by atoms with Gasteiger partial charge in [0.2, 0.25) is 0 Å². The van der Waals surface area contributed by atoms with Gasteiger partial charge in [0.1, 0.15) is 23.1 Å². The molecule has 21 heavy (non-hydrogen) atoms. The third-order valence-electron chi connectivity index (χ3n) is 2.68. The highest BCUT2D eigenvalue weighted by atomic mass is 32.2. The number of nitriles is 1. The van der Waals surface area contributed by atoms with E-state index in [0.29, 0.717) is 0 Å². The van der Waals surface area contributed by atoms with Crippen LogP contribution in [0.1, 0.15) is 15.9 Å². The molecule has 0 unspecified atom stereocenters. The van der Waals surface area contributed by atoms with E-state index in [0.717, 1.165) is 17.8 Å². The molecule has 0 atom stereocenters. The summed E-state index contributed by atoms with van der Waals surface area (Å²) in [6.07, 6.45) is 1.63. The van der Waals surface area contributed by atoms with Gasteiger partial charge in [0.05, 0.1) is 11.1 Å². The van der Waals surface area contributed by atoms with Crippen molar-refractivity contribution in [1.29, 1.82) is 5.26 Å². The van der Waals surface area contributed by atoms with Crippen LogP contribution in [0.3, 0.4) is 0 Å². The van der Waals surface area contributed by atoms with E-state index in [2.05, 4.69) is 9.97 Å². The molecule has 1 aromatic heterocycles. The Morgan fingerprint density at radius 3 is 2.81 bits per heavy atom. The molecule has 0 amide bonds. The molecule has 0 spiro atoms. The van der Waals surface area contributed by atoms with Crippen molar-refractivity contribution < 1.29 is 14.3 Å². The van der Waals surface area contributed by atoms with Crippen LogP contribution in [0.2, 0.25) is 0 Å². The van der Waals surface area contributed by atoms with E-state index in [4.69, 9.17) is 10.4 Å². The van der Waals surface area contributed by atoms with Gasteiger partial charge in [0.15, 0.2) is 5.16 Å². The fourth-order valence-corrected chi connectivity index (χ4v) is 2.15. The maximum absolute atomic E-state index is 14.0. The molecule has 2 aromatic rings. The summed E-state index contributed by atoms with van der Waals surface area (Å²) in [5, 5.41) is 18.4. The van der Waals surface area contributed by atoms with Crippen LogP contribution in [0.5, 0.6) is 0 Å². The minimum Gasteiger partial charge on any atom is -0.478 e. The summed E-state index contributed by atoms with van der Waals surface area (Å²) < 4.78 is 14.0. The summed E-state index contributed by atoms with van der Waals surface area (Å²) in [4.78, 5) is 29.4. The van der Waals surface area contributed by atoms with Crippen LogP contribution in [-0.4, -0.2) is 27.3 Å². The standard InChI is InChI=1S/C13H8FN3O3S/c1-21-13-16-10(7(5-15)11(18)17-13)9-6(12(19)20)3-2-4-8(9)14/h2-4H,1H3,(H,19,20)(H,16,17,18). The summed E-state index contributed by atoms with van der Waals surface area (Å²) in [5.41, 5.74) is -2.19. The van der Waals surface area contributed by atoms with Gasteiger partial charge in [-0.3, -0.25) is 4.79 Å². The van der Waals surface area contributed by atoms with Gasteiger partial charge < -0.3 is 10.1 Å². The molecule has 0 radical (unpaired) electrons. The van der Waals surface area contributed by atoms with Crippen molar-refractivity contribution in [3.05, 3.63) is 45.5 Å². The van der Waals surface area contributed by atoms with E-state index in [1.807, 2.05) is 0 Å². The third-order valence-corrected chi connectivity index (χ3v) is 3.26. The number of halogens is 1.